The molecular formula is C16H33N3O2. The summed E-state index contributed by atoms with van der Waals surface area (Å²) in [6.45, 7) is 10.2. The van der Waals surface area contributed by atoms with Crippen LogP contribution in [0, 0.1) is 0 Å². The van der Waals surface area contributed by atoms with E-state index in [0.717, 1.165) is 26.1 Å². The zero-order valence-electron chi connectivity index (χ0n) is 14.4. The average molecular weight is 299 g/mol. The Morgan fingerprint density at radius 1 is 1.38 bits per heavy atom. The van der Waals surface area contributed by atoms with E-state index in [1.807, 2.05) is 13.8 Å². The van der Waals surface area contributed by atoms with Crippen LogP contribution in [0.3, 0.4) is 0 Å². The molecule has 1 unspecified atom stereocenters. The molecule has 5 nitrogen and oxygen atoms in total. The molecule has 0 aromatic carbocycles. The smallest absolute Gasteiger partial charge is 0.327 e. The van der Waals surface area contributed by atoms with Gasteiger partial charge in [-0.15, -0.1) is 0 Å². The van der Waals surface area contributed by atoms with Gasteiger partial charge in [-0.1, -0.05) is 6.92 Å². The first-order chi connectivity index (χ1) is 9.92. The van der Waals surface area contributed by atoms with E-state index in [-0.39, 0.29) is 5.97 Å². The Morgan fingerprint density at radius 2 is 2.00 bits per heavy atom. The molecule has 21 heavy (non-hydrogen) atoms. The number of carbonyl (C=O) groups is 1. The largest absolute Gasteiger partial charge is 0.465 e. The van der Waals surface area contributed by atoms with Crippen LogP contribution in [0.15, 0.2) is 0 Å². The number of esters is 1. The molecule has 1 saturated heterocycles. The van der Waals surface area contributed by atoms with Gasteiger partial charge in [-0.25, -0.2) is 0 Å². The Balaban J connectivity index is 2.64. The number of likely N-dealkylation sites (N-methyl/N-ethyl adjacent to an activating group) is 1. The summed E-state index contributed by atoms with van der Waals surface area (Å²) in [5.74, 6) is -0.141. The van der Waals surface area contributed by atoms with E-state index >= 15 is 0 Å². The van der Waals surface area contributed by atoms with Crippen molar-refractivity contribution >= 4 is 5.97 Å². The number of carbonyl (C=O) groups excluding carboxylic acids is 1. The molecule has 1 aliphatic rings. The van der Waals surface area contributed by atoms with Crippen LogP contribution in [-0.4, -0.2) is 74.2 Å². The summed E-state index contributed by atoms with van der Waals surface area (Å²) >= 11 is 0. The van der Waals surface area contributed by atoms with E-state index in [1.54, 1.807) is 0 Å². The van der Waals surface area contributed by atoms with Crippen molar-refractivity contribution in [3.05, 3.63) is 0 Å². The van der Waals surface area contributed by atoms with Gasteiger partial charge in [0, 0.05) is 12.6 Å². The highest BCUT2D eigenvalue weighted by Gasteiger charge is 2.37. The van der Waals surface area contributed by atoms with Gasteiger partial charge in [-0.3, -0.25) is 4.79 Å². The van der Waals surface area contributed by atoms with Crippen LogP contribution in [0.4, 0.5) is 0 Å². The minimum Gasteiger partial charge on any atom is -0.465 e. The first kappa shape index (κ1) is 18.4. The van der Waals surface area contributed by atoms with Crippen molar-refractivity contribution in [2.75, 3.05) is 46.9 Å². The van der Waals surface area contributed by atoms with Gasteiger partial charge in [-0.05, 0) is 66.8 Å². The molecule has 0 bridgehead atoms. The average Bonchev–Trinajstić information content (AvgIpc) is 2.46. The quantitative estimate of drug-likeness (QED) is 0.685. The van der Waals surface area contributed by atoms with E-state index in [9.17, 15) is 4.79 Å². The number of ether oxygens (including phenoxy) is 1. The Kier molecular flexibility index (Phi) is 7.63. The zero-order chi connectivity index (χ0) is 15.9. The molecule has 5 heteroatoms. The van der Waals surface area contributed by atoms with Gasteiger partial charge in [0.1, 0.15) is 5.54 Å². The van der Waals surface area contributed by atoms with Gasteiger partial charge in [-0.2, -0.15) is 0 Å². The summed E-state index contributed by atoms with van der Waals surface area (Å²) in [4.78, 5) is 17.0. The number of nitrogens with zero attached hydrogens (tertiary/aromatic N) is 2. The van der Waals surface area contributed by atoms with Crippen molar-refractivity contribution in [2.45, 2.75) is 51.6 Å². The van der Waals surface area contributed by atoms with E-state index < -0.39 is 5.54 Å². The summed E-state index contributed by atoms with van der Waals surface area (Å²) in [6, 6.07) is 0.554. The van der Waals surface area contributed by atoms with Crippen LogP contribution in [0.5, 0.6) is 0 Å². The molecule has 1 rings (SSSR count). The number of hydrogen-bond donors (Lipinski definition) is 1. The van der Waals surface area contributed by atoms with Gasteiger partial charge >= 0.3 is 5.97 Å². The molecule has 1 N–H and O–H groups in total. The maximum atomic E-state index is 12.3. The van der Waals surface area contributed by atoms with E-state index in [4.69, 9.17) is 4.74 Å². The van der Waals surface area contributed by atoms with Crippen molar-refractivity contribution in [1.29, 1.82) is 0 Å². The Hall–Kier alpha value is -0.650. The van der Waals surface area contributed by atoms with Gasteiger partial charge in [0.25, 0.3) is 0 Å². The third-order valence-corrected chi connectivity index (χ3v) is 4.37. The topological polar surface area (TPSA) is 44.8 Å². The fourth-order valence-electron chi connectivity index (χ4n) is 2.95. The zero-order valence-corrected chi connectivity index (χ0v) is 14.4. The summed E-state index contributed by atoms with van der Waals surface area (Å²) in [5, 5.41) is 3.38. The number of rotatable bonds is 8. The molecule has 1 atom stereocenters. The van der Waals surface area contributed by atoms with E-state index in [1.165, 1.54) is 12.8 Å². The summed E-state index contributed by atoms with van der Waals surface area (Å²) in [6.07, 6.45) is 3.34. The van der Waals surface area contributed by atoms with Crippen molar-refractivity contribution in [1.82, 2.24) is 15.1 Å². The van der Waals surface area contributed by atoms with E-state index in [2.05, 4.69) is 36.1 Å². The molecule has 0 aliphatic carbocycles. The predicted molar refractivity (Wildman–Crippen MR) is 86.5 cm³/mol. The molecule has 0 amide bonds. The molecule has 0 spiro atoms. The highest BCUT2D eigenvalue weighted by Crippen LogP contribution is 2.18. The predicted octanol–water partition coefficient (Wildman–Crippen LogP) is 1.33. The van der Waals surface area contributed by atoms with Gasteiger partial charge in [0.05, 0.1) is 6.61 Å². The van der Waals surface area contributed by atoms with Crippen LogP contribution in [0.1, 0.15) is 40.0 Å². The number of nitrogens with one attached hydrogen (secondary N) is 1. The third-order valence-electron chi connectivity index (χ3n) is 4.37. The fourth-order valence-corrected chi connectivity index (χ4v) is 2.95. The van der Waals surface area contributed by atoms with Crippen LogP contribution in [-0.2, 0) is 9.53 Å². The SMILES string of the molecule is CCCNC(C)(CN(C)C1CCN(C)CC1)C(=O)OCC. The Morgan fingerprint density at radius 3 is 2.52 bits per heavy atom. The van der Waals surface area contributed by atoms with Crippen LogP contribution >= 0.6 is 0 Å². The highest BCUT2D eigenvalue weighted by molar-refractivity contribution is 5.80. The second-order valence-corrected chi connectivity index (χ2v) is 6.43. The minimum atomic E-state index is -0.621. The molecule has 124 valence electrons. The number of hydrogen-bond acceptors (Lipinski definition) is 5. The fraction of sp³-hybridized carbons (Fsp3) is 0.938. The number of likely N-dealkylation sites (tertiary alicyclic amines) is 1. The lowest BCUT2D eigenvalue weighted by atomic mass is 9.98. The number of piperidine rings is 1. The Labute approximate surface area is 130 Å². The van der Waals surface area contributed by atoms with Crippen molar-refractivity contribution in [2.24, 2.45) is 0 Å². The van der Waals surface area contributed by atoms with E-state index in [0.29, 0.717) is 19.2 Å². The van der Waals surface area contributed by atoms with Gasteiger partial charge in [0.15, 0.2) is 0 Å². The molecule has 0 aromatic rings. The highest BCUT2D eigenvalue weighted by atomic mass is 16.5. The molecular weight excluding hydrogens is 266 g/mol. The molecule has 0 aromatic heterocycles. The maximum absolute atomic E-state index is 12.3. The van der Waals surface area contributed by atoms with Crippen molar-refractivity contribution in [3.8, 4) is 0 Å². The molecule has 1 heterocycles. The second kappa shape index (κ2) is 8.71. The van der Waals surface area contributed by atoms with Gasteiger partial charge < -0.3 is 19.9 Å². The first-order valence-electron chi connectivity index (χ1n) is 8.24. The Bertz CT molecular complexity index is 317. The third kappa shape index (κ3) is 5.57. The standard InChI is InChI=1S/C16H33N3O2/c1-6-10-17-16(3,15(20)21-7-2)13-19(5)14-8-11-18(4)12-9-14/h14,17H,6-13H2,1-5H3. The second-order valence-electron chi connectivity index (χ2n) is 6.43. The molecule has 0 radical (unpaired) electrons. The van der Waals surface area contributed by atoms with Crippen LogP contribution in [0.25, 0.3) is 0 Å². The lowest BCUT2D eigenvalue weighted by molar-refractivity contribution is -0.151. The lowest BCUT2D eigenvalue weighted by Gasteiger charge is -2.39. The summed E-state index contributed by atoms with van der Waals surface area (Å²) in [7, 11) is 4.29. The minimum absolute atomic E-state index is 0.141. The van der Waals surface area contributed by atoms with Crippen molar-refractivity contribution in [3.63, 3.8) is 0 Å². The molecule has 1 fully saturated rings. The molecule has 1 aliphatic heterocycles. The van der Waals surface area contributed by atoms with Crippen LogP contribution < -0.4 is 5.32 Å². The monoisotopic (exact) mass is 299 g/mol. The lowest BCUT2D eigenvalue weighted by Crippen LogP contribution is -2.59. The molecule has 0 saturated carbocycles. The van der Waals surface area contributed by atoms with Gasteiger partial charge in [0.2, 0.25) is 0 Å². The normalized spacial score (nSPS) is 20.5. The van der Waals surface area contributed by atoms with Crippen molar-refractivity contribution < 1.29 is 9.53 Å². The first-order valence-corrected chi connectivity index (χ1v) is 8.24. The summed E-state index contributed by atoms with van der Waals surface area (Å²) < 4.78 is 5.27. The van der Waals surface area contributed by atoms with Crippen LogP contribution in [0.2, 0.25) is 0 Å². The summed E-state index contributed by atoms with van der Waals surface area (Å²) in [5.41, 5.74) is -0.621. The maximum Gasteiger partial charge on any atom is 0.327 e.